The van der Waals surface area contributed by atoms with Gasteiger partial charge in [0.2, 0.25) is 0 Å². The van der Waals surface area contributed by atoms with Crippen LogP contribution in [-0.2, 0) is 5.16 Å². The molecule has 0 amide bonds. The highest BCUT2D eigenvalue weighted by Gasteiger charge is 2.53. The molecule has 0 N–H and O–H groups in total. The molecule has 0 aliphatic heterocycles. The highest BCUT2D eigenvalue weighted by atomic mass is 31.1. The van der Waals surface area contributed by atoms with Gasteiger partial charge in [0.15, 0.2) is 0 Å². The Balaban J connectivity index is 1.43. The first-order valence-corrected chi connectivity index (χ1v) is 17.4. The molecule has 3 atom stereocenters. The van der Waals surface area contributed by atoms with E-state index in [0.29, 0.717) is 11.1 Å². The monoisotopic (exact) mass is 558 g/mol. The van der Waals surface area contributed by atoms with Crippen LogP contribution in [0.1, 0.15) is 84.8 Å². The Bertz CT molecular complexity index is 1170. The van der Waals surface area contributed by atoms with E-state index in [1.54, 1.807) is 0 Å². The Morgan fingerprint density at radius 3 is 1.79 bits per heavy atom. The lowest BCUT2D eigenvalue weighted by atomic mass is 9.56. The van der Waals surface area contributed by atoms with Crippen molar-refractivity contribution in [1.82, 2.24) is 9.97 Å². The fraction of sp³-hybridized carbons (Fsp3) is 0.600. The van der Waals surface area contributed by atoms with E-state index in [1.807, 2.05) is 12.4 Å². The van der Waals surface area contributed by atoms with Gasteiger partial charge in [-0.05, 0) is 113 Å². The third-order valence-corrected chi connectivity index (χ3v) is 15.5. The van der Waals surface area contributed by atoms with Gasteiger partial charge in [0.25, 0.3) is 0 Å². The molecule has 4 fully saturated rings. The molecular weight excluding hydrogens is 510 g/mol. The fourth-order valence-corrected chi connectivity index (χ4v) is 13.4. The molecule has 0 aromatic carbocycles. The van der Waals surface area contributed by atoms with Gasteiger partial charge in [-0.25, -0.2) is 0 Å². The van der Waals surface area contributed by atoms with E-state index in [-0.39, 0.29) is 18.5 Å². The van der Waals surface area contributed by atoms with Crippen LogP contribution in [0.2, 0.25) is 0 Å². The van der Waals surface area contributed by atoms with Crippen molar-refractivity contribution in [3.63, 3.8) is 0 Å². The van der Waals surface area contributed by atoms with Crippen LogP contribution in [0.25, 0.3) is 0 Å². The molecule has 208 valence electrons. The molecule has 5 aliphatic carbocycles. The lowest BCUT2D eigenvalue weighted by molar-refractivity contribution is 0.0242. The Hall–Kier alpha value is -1.36. The minimum Gasteiger partial charge on any atom is -0.264 e. The second kappa shape index (κ2) is 10.2. The van der Waals surface area contributed by atoms with E-state index in [4.69, 9.17) is 0 Å². The number of nitrogens with zero attached hydrogens (tertiary/aromatic N) is 2. The van der Waals surface area contributed by atoms with Crippen molar-refractivity contribution in [2.24, 2.45) is 35.0 Å². The first-order chi connectivity index (χ1) is 18.4. The Labute approximate surface area is 240 Å². The van der Waals surface area contributed by atoms with Gasteiger partial charge in [-0.15, -0.1) is 9.24 Å². The second-order valence-corrected chi connectivity index (χ2v) is 19.2. The van der Waals surface area contributed by atoms with Crippen LogP contribution in [0.15, 0.2) is 72.4 Å². The van der Waals surface area contributed by atoms with Gasteiger partial charge < -0.3 is 0 Å². The predicted octanol–water partition coefficient (Wildman–Crippen LogP) is 9.23. The topological polar surface area (TPSA) is 25.8 Å². The number of allylic oxidation sites excluding steroid dienone is 4. The Morgan fingerprint density at radius 1 is 0.821 bits per heavy atom. The first kappa shape index (κ1) is 27.8. The molecule has 0 radical (unpaired) electrons. The maximum atomic E-state index is 4.59. The van der Waals surface area contributed by atoms with Crippen LogP contribution < -0.4 is 0 Å². The lowest BCUT2D eigenvalue weighted by Crippen LogP contribution is -2.49. The SMILES string of the molecule is CC(C)(C)C1=CC(CP(C2C3CC4CC(C3)CC2C4)C(C)(C)C)C(C(P)(c2cccnc2)c2cccnc2)=C1. The second-order valence-electron chi connectivity index (χ2n) is 15.1. The summed E-state index contributed by atoms with van der Waals surface area (Å²) >= 11 is 0. The summed E-state index contributed by atoms with van der Waals surface area (Å²) in [5, 5.41) is 0.00456. The van der Waals surface area contributed by atoms with E-state index in [1.165, 1.54) is 60.5 Å². The molecule has 4 saturated carbocycles. The van der Waals surface area contributed by atoms with Crippen molar-refractivity contribution in [1.29, 1.82) is 0 Å². The Kier molecular flexibility index (Phi) is 7.25. The molecule has 4 heteroatoms. The first-order valence-electron chi connectivity index (χ1n) is 15.3. The van der Waals surface area contributed by atoms with Gasteiger partial charge in [-0.3, -0.25) is 9.97 Å². The average molecular weight is 559 g/mol. The molecule has 2 heterocycles. The summed E-state index contributed by atoms with van der Waals surface area (Å²) in [5.41, 5.74) is 6.52. The van der Waals surface area contributed by atoms with Crippen molar-refractivity contribution in [2.75, 3.05) is 6.16 Å². The van der Waals surface area contributed by atoms with Crippen LogP contribution in [0.4, 0.5) is 0 Å². The molecule has 2 aromatic rings. The molecule has 0 saturated heterocycles. The third kappa shape index (κ3) is 5.12. The van der Waals surface area contributed by atoms with E-state index < -0.39 is 0 Å². The minimum atomic E-state index is -0.348. The maximum Gasteiger partial charge on any atom is 0.0590 e. The van der Waals surface area contributed by atoms with Crippen molar-refractivity contribution >= 4 is 17.2 Å². The molecule has 3 unspecified atom stereocenters. The summed E-state index contributed by atoms with van der Waals surface area (Å²) in [5.74, 6) is 4.45. The molecule has 39 heavy (non-hydrogen) atoms. The zero-order valence-electron chi connectivity index (χ0n) is 24.9. The van der Waals surface area contributed by atoms with Gasteiger partial charge in [0.1, 0.15) is 0 Å². The van der Waals surface area contributed by atoms with Gasteiger partial charge in [-0.1, -0.05) is 73.7 Å². The molecular formula is C35H48N2P2. The van der Waals surface area contributed by atoms with E-state index in [2.05, 4.69) is 110 Å². The molecule has 2 aromatic heterocycles. The summed E-state index contributed by atoms with van der Waals surface area (Å²) in [6, 6.07) is 8.68. The molecule has 2 nitrogen and oxygen atoms in total. The van der Waals surface area contributed by atoms with Crippen LogP contribution in [0.5, 0.6) is 0 Å². The van der Waals surface area contributed by atoms with E-state index in [9.17, 15) is 0 Å². The van der Waals surface area contributed by atoms with Crippen molar-refractivity contribution in [2.45, 2.75) is 89.6 Å². The van der Waals surface area contributed by atoms with Gasteiger partial charge in [0, 0.05) is 30.7 Å². The van der Waals surface area contributed by atoms with Crippen LogP contribution >= 0.6 is 17.2 Å². The number of hydrogen-bond acceptors (Lipinski definition) is 2. The van der Waals surface area contributed by atoms with Crippen LogP contribution in [-0.4, -0.2) is 26.9 Å². The fourth-order valence-electron chi connectivity index (χ4n) is 8.81. The smallest absolute Gasteiger partial charge is 0.0590 e. The summed E-state index contributed by atoms with van der Waals surface area (Å²) in [6.45, 7) is 14.8. The quantitative estimate of drug-likeness (QED) is 0.330. The summed E-state index contributed by atoms with van der Waals surface area (Å²) in [4.78, 5) is 9.18. The average Bonchev–Trinajstić information content (AvgIpc) is 3.33. The van der Waals surface area contributed by atoms with Crippen molar-refractivity contribution in [3.8, 4) is 0 Å². The predicted molar refractivity (Wildman–Crippen MR) is 170 cm³/mol. The van der Waals surface area contributed by atoms with Crippen molar-refractivity contribution in [3.05, 3.63) is 83.5 Å². The number of rotatable bonds is 6. The number of pyridine rings is 2. The van der Waals surface area contributed by atoms with Crippen molar-refractivity contribution < 1.29 is 0 Å². The van der Waals surface area contributed by atoms with E-state index in [0.717, 1.165) is 29.3 Å². The molecule has 5 aliphatic rings. The molecule has 0 spiro atoms. The molecule has 7 rings (SSSR count). The Morgan fingerprint density at radius 2 is 1.36 bits per heavy atom. The molecule has 4 bridgehead atoms. The number of aromatic nitrogens is 2. The number of hydrogen-bond donors (Lipinski definition) is 0. The third-order valence-electron chi connectivity index (χ3n) is 10.4. The maximum absolute atomic E-state index is 4.59. The van der Waals surface area contributed by atoms with Gasteiger partial charge >= 0.3 is 0 Å². The van der Waals surface area contributed by atoms with Gasteiger partial charge in [0.05, 0.1) is 5.16 Å². The van der Waals surface area contributed by atoms with Crippen LogP contribution in [0, 0.1) is 35.0 Å². The standard InChI is InChI=1S/C35H48N2P2/c1-33(2,3)30-18-27(22-39(34(4,5)6)32-25-14-23-13-24(16-25)17-26(32)15-23)31(19-30)35(38,28-9-7-11-36-20-28)29-10-8-12-37-21-29/h7-12,18-21,23-27,32H,13-17,22,38H2,1-6H3. The zero-order valence-corrected chi connectivity index (χ0v) is 26.9. The largest absolute Gasteiger partial charge is 0.264 e. The van der Waals surface area contributed by atoms with Crippen LogP contribution in [0.3, 0.4) is 0 Å². The lowest BCUT2D eigenvalue weighted by Gasteiger charge is -2.59. The highest BCUT2D eigenvalue weighted by molar-refractivity contribution is 7.60. The normalized spacial score (nSPS) is 31.3. The summed E-state index contributed by atoms with van der Waals surface area (Å²) < 4.78 is 0. The zero-order chi connectivity index (χ0) is 27.6. The minimum absolute atomic E-state index is 0.114. The summed E-state index contributed by atoms with van der Waals surface area (Å²) in [7, 11) is 3.15. The van der Waals surface area contributed by atoms with E-state index >= 15 is 0 Å². The summed E-state index contributed by atoms with van der Waals surface area (Å²) in [6.07, 6.45) is 22.0. The highest BCUT2D eigenvalue weighted by Crippen LogP contribution is 2.69. The van der Waals surface area contributed by atoms with Gasteiger partial charge in [-0.2, -0.15) is 0 Å².